The first kappa shape index (κ1) is 11.5. The molecule has 16 heavy (non-hydrogen) atoms. The average molecular weight is 232 g/mol. The van der Waals surface area contributed by atoms with Gasteiger partial charge in [-0.25, -0.2) is 0 Å². The molecule has 1 aliphatic carbocycles. The quantitative estimate of drug-likeness (QED) is 0.826. The summed E-state index contributed by atoms with van der Waals surface area (Å²) in [6.07, 6.45) is 1.08. The lowest BCUT2D eigenvalue weighted by atomic mass is 10.3. The van der Waals surface area contributed by atoms with Crippen LogP contribution in [0.5, 0.6) is 0 Å². The van der Waals surface area contributed by atoms with Crippen LogP contribution in [0.3, 0.4) is 0 Å². The third-order valence-electron chi connectivity index (χ3n) is 2.64. The SMILES string of the molecule is FC(F)(F)CCn1ccc(CNC2CC2)c1. The smallest absolute Gasteiger partial charge is 0.354 e. The summed E-state index contributed by atoms with van der Waals surface area (Å²) in [5, 5.41) is 3.32. The summed E-state index contributed by atoms with van der Waals surface area (Å²) in [6.45, 7) is 0.761. The van der Waals surface area contributed by atoms with Gasteiger partial charge in [0.05, 0.1) is 6.42 Å². The van der Waals surface area contributed by atoms with E-state index in [0.717, 1.165) is 12.1 Å². The second kappa shape index (κ2) is 4.49. The zero-order chi connectivity index (χ0) is 11.6. The third-order valence-corrected chi connectivity index (χ3v) is 2.64. The molecule has 1 saturated carbocycles. The molecular weight excluding hydrogens is 217 g/mol. The number of nitrogens with one attached hydrogen (secondary N) is 1. The van der Waals surface area contributed by atoms with Gasteiger partial charge in [0.25, 0.3) is 0 Å². The maximum Gasteiger partial charge on any atom is 0.390 e. The first-order valence-corrected chi connectivity index (χ1v) is 5.48. The van der Waals surface area contributed by atoms with Crippen molar-refractivity contribution in [3.05, 3.63) is 24.0 Å². The second-order valence-electron chi connectivity index (χ2n) is 4.28. The van der Waals surface area contributed by atoms with E-state index in [-0.39, 0.29) is 6.54 Å². The fourth-order valence-corrected chi connectivity index (χ4v) is 1.54. The third kappa shape index (κ3) is 3.89. The van der Waals surface area contributed by atoms with Crippen LogP contribution in [-0.4, -0.2) is 16.8 Å². The van der Waals surface area contributed by atoms with Crippen molar-refractivity contribution >= 4 is 0 Å². The van der Waals surface area contributed by atoms with Crippen molar-refractivity contribution in [2.24, 2.45) is 0 Å². The highest BCUT2D eigenvalue weighted by molar-refractivity contribution is 5.10. The van der Waals surface area contributed by atoms with Crippen LogP contribution < -0.4 is 5.32 Å². The van der Waals surface area contributed by atoms with E-state index in [1.807, 2.05) is 6.07 Å². The summed E-state index contributed by atoms with van der Waals surface area (Å²) in [6, 6.07) is 2.49. The van der Waals surface area contributed by atoms with Gasteiger partial charge in [-0.05, 0) is 24.5 Å². The van der Waals surface area contributed by atoms with E-state index in [4.69, 9.17) is 0 Å². The molecule has 1 aromatic rings. The minimum absolute atomic E-state index is 0.00687. The summed E-state index contributed by atoms with van der Waals surface area (Å²) in [7, 11) is 0. The monoisotopic (exact) mass is 232 g/mol. The Bertz CT molecular complexity index is 339. The van der Waals surface area contributed by atoms with Gasteiger partial charge in [-0.2, -0.15) is 13.2 Å². The summed E-state index contributed by atoms with van der Waals surface area (Å²) < 4.78 is 37.5. The van der Waals surface area contributed by atoms with Gasteiger partial charge in [0.15, 0.2) is 0 Å². The number of hydrogen-bond acceptors (Lipinski definition) is 1. The van der Waals surface area contributed by atoms with E-state index in [2.05, 4.69) is 5.32 Å². The highest BCUT2D eigenvalue weighted by Crippen LogP contribution is 2.21. The van der Waals surface area contributed by atoms with E-state index in [1.54, 1.807) is 17.0 Å². The zero-order valence-electron chi connectivity index (χ0n) is 8.93. The maximum atomic E-state index is 12.0. The van der Waals surface area contributed by atoms with Gasteiger partial charge in [-0.15, -0.1) is 0 Å². The molecule has 2 nitrogen and oxygen atoms in total. The van der Waals surface area contributed by atoms with Crippen LogP contribution in [0.25, 0.3) is 0 Å². The molecular formula is C11H15F3N2. The van der Waals surface area contributed by atoms with Crippen molar-refractivity contribution in [1.29, 1.82) is 0 Å². The molecule has 0 spiro atoms. The van der Waals surface area contributed by atoms with Crippen LogP contribution in [-0.2, 0) is 13.1 Å². The summed E-state index contributed by atoms with van der Waals surface area (Å²) >= 11 is 0. The van der Waals surface area contributed by atoms with Gasteiger partial charge in [-0.1, -0.05) is 0 Å². The first-order chi connectivity index (χ1) is 7.53. The second-order valence-corrected chi connectivity index (χ2v) is 4.28. The number of nitrogens with zero attached hydrogens (tertiary/aromatic N) is 1. The Morgan fingerprint density at radius 1 is 1.38 bits per heavy atom. The fourth-order valence-electron chi connectivity index (χ4n) is 1.54. The standard InChI is InChI=1S/C11H15F3N2/c12-11(13,14)4-6-16-5-3-9(8-16)7-15-10-1-2-10/h3,5,8,10,15H,1-2,4,6-7H2. The minimum Gasteiger partial charge on any atom is -0.354 e. The molecule has 1 aromatic heterocycles. The maximum absolute atomic E-state index is 12.0. The van der Waals surface area contributed by atoms with Gasteiger partial charge in [0, 0.05) is 31.5 Å². The topological polar surface area (TPSA) is 17.0 Å². The van der Waals surface area contributed by atoms with Gasteiger partial charge < -0.3 is 9.88 Å². The lowest BCUT2D eigenvalue weighted by Crippen LogP contribution is -2.15. The van der Waals surface area contributed by atoms with E-state index < -0.39 is 12.6 Å². The van der Waals surface area contributed by atoms with Crippen LogP contribution in [0.1, 0.15) is 24.8 Å². The van der Waals surface area contributed by atoms with Crippen LogP contribution in [0.2, 0.25) is 0 Å². The first-order valence-electron chi connectivity index (χ1n) is 5.48. The van der Waals surface area contributed by atoms with Crippen molar-refractivity contribution in [2.45, 2.75) is 44.6 Å². The van der Waals surface area contributed by atoms with Crippen molar-refractivity contribution in [3.8, 4) is 0 Å². The Kier molecular flexibility index (Phi) is 3.23. The Hall–Kier alpha value is -0.970. The van der Waals surface area contributed by atoms with Crippen LogP contribution >= 0.6 is 0 Å². The van der Waals surface area contributed by atoms with Crippen LogP contribution in [0.15, 0.2) is 18.5 Å². The predicted octanol–water partition coefficient (Wildman–Crippen LogP) is 2.69. The van der Waals surface area contributed by atoms with E-state index >= 15 is 0 Å². The summed E-state index contributed by atoms with van der Waals surface area (Å²) in [4.78, 5) is 0. The molecule has 0 aromatic carbocycles. The average Bonchev–Trinajstić information content (AvgIpc) is 2.91. The van der Waals surface area contributed by atoms with Gasteiger partial charge >= 0.3 is 6.18 Å². The van der Waals surface area contributed by atoms with Crippen molar-refractivity contribution in [1.82, 2.24) is 9.88 Å². The molecule has 0 unspecified atom stereocenters. The largest absolute Gasteiger partial charge is 0.390 e. The van der Waals surface area contributed by atoms with Crippen molar-refractivity contribution < 1.29 is 13.2 Å². The lowest BCUT2D eigenvalue weighted by molar-refractivity contribution is -0.136. The molecule has 1 N–H and O–H groups in total. The summed E-state index contributed by atoms with van der Waals surface area (Å²) in [5.41, 5.74) is 1.05. The van der Waals surface area contributed by atoms with Gasteiger partial charge in [-0.3, -0.25) is 0 Å². The zero-order valence-corrected chi connectivity index (χ0v) is 8.93. The molecule has 90 valence electrons. The summed E-state index contributed by atoms with van der Waals surface area (Å²) in [5.74, 6) is 0. The van der Waals surface area contributed by atoms with Crippen LogP contribution in [0.4, 0.5) is 13.2 Å². The number of aryl methyl sites for hydroxylation is 1. The molecule has 0 aliphatic heterocycles. The van der Waals surface area contributed by atoms with Crippen LogP contribution in [0, 0.1) is 0 Å². The Balaban J connectivity index is 1.77. The molecule has 0 radical (unpaired) electrons. The molecule has 1 aliphatic rings. The highest BCUT2D eigenvalue weighted by atomic mass is 19.4. The molecule has 0 bridgehead atoms. The van der Waals surface area contributed by atoms with E-state index in [1.165, 1.54) is 12.8 Å². The lowest BCUT2D eigenvalue weighted by Gasteiger charge is -2.06. The molecule has 0 atom stereocenters. The molecule has 2 rings (SSSR count). The molecule has 1 fully saturated rings. The highest BCUT2D eigenvalue weighted by Gasteiger charge is 2.26. The number of hydrogen-bond donors (Lipinski definition) is 1. The van der Waals surface area contributed by atoms with Gasteiger partial charge in [0.1, 0.15) is 0 Å². The molecule has 0 amide bonds. The fraction of sp³-hybridized carbons (Fsp3) is 0.636. The normalized spacial score (nSPS) is 16.7. The number of aromatic nitrogens is 1. The van der Waals surface area contributed by atoms with Crippen molar-refractivity contribution in [3.63, 3.8) is 0 Å². The number of rotatable bonds is 5. The molecule has 5 heteroatoms. The minimum atomic E-state index is -4.07. The predicted molar refractivity (Wildman–Crippen MR) is 55.0 cm³/mol. The Morgan fingerprint density at radius 3 is 2.75 bits per heavy atom. The van der Waals surface area contributed by atoms with Gasteiger partial charge in [0.2, 0.25) is 0 Å². The molecule has 0 saturated heterocycles. The Morgan fingerprint density at radius 2 is 2.12 bits per heavy atom. The molecule has 1 heterocycles. The Labute approximate surface area is 92.4 Å². The van der Waals surface area contributed by atoms with E-state index in [9.17, 15) is 13.2 Å². The van der Waals surface area contributed by atoms with Crippen molar-refractivity contribution in [2.75, 3.05) is 0 Å². The number of halogens is 3. The number of alkyl halides is 3. The van der Waals surface area contributed by atoms with E-state index in [0.29, 0.717) is 6.04 Å².